The third kappa shape index (κ3) is 12.9. The van der Waals surface area contributed by atoms with Crippen molar-refractivity contribution in [2.45, 2.75) is 64.0 Å². The Kier molecular flexibility index (Phi) is 16.6. The van der Waals surface area contributed by atoms with E-state index in [1.807, 2.05) is 48.5 Å². The fourth-order valence-electron chi connectivity index (χ4n) is 7.25. The molecule has 1 N–H and O–H groups in total. The fourth-order valence-corrected chi connectivity index (χ4v) is 7.25. The standard InChI is InChI=1S/C46H46N2O19/c1-26(49)62-39-40(63-27(2)50)42(64-28(3)51)44(67-41(39)43(52)57-4)66-38-23-32(16-13-29(38)24-61-46(54)65-31-17-14-30(15-18-31)48(55)56)59-22-21-58-20-19-47-45(53)60-25-37-35-11-7-5-9-33(35)34-10-6-8-12-36(34)37/h5-18,23,37,39-42,44H,19-22,24-25H2,1-4H3,(H,47,53)/t39-,40-,41-,42+,44?/m0/s1. The summed E-state index contributed by atoms with van der Waals surface area (Å²) in [4.78, 5) is 85.6. The quantitative estimate of drug-likeness (QED) is 0.0312. The van der Waals surface area contributed by atoms with Crippen molar-refractivity contribution in [1.82, 2.24) is 5.32 Å². The van der Waals surface area contributed by atoms with E-state index in [2.05, 4.69) is 5.32 Å². The minimum atomic E-state index is -1.78. The van der Waals surface area contributed by atoms with Gasteiger partial charge in [-0.1, -0.05) is 48.5 Å². The summed E-state index contributed by atoms with van der Waals surface area (Å²) < 4.78 is 60.7. The Bertz CT molecular complexity index is 2400. The molecular weight excluding hydrogens is 885 g/mol. The van der Waals surface area contributed by atoms with Crippen LogP contribution in [0.15, 0.2) is 91.0 Å². The van der Waals surface area contributed by atoms with Crippen molar-refractivity contribution in [2.75, 3.05) is 40.1 Å². The maximum absolute atomic E-state index is 13.0. The number of fused-ring (bicyclic) bond motifs is 3. The second kappa shape index (κ2) is 22.9. The van der Waals surface area contributed by atoms with Gasteiger partial charge in [-0.15, -0.1) is 0 Å². The van der Waals surface area contributed by atoms with Gasteiger partial charge in [0.25, 0.3) is 5.69 Å². The molecule has 5 atom stereocenters. The van der Waals surface area contributed by atoms with Crippen molar-refractivity contribution in [3.05, 3.63) is 118 Å². The molecule has 1 heterocycles. The van der Waals surface area contributed by atoms with Crippen molar-refractivity contribution >= 4 is 41.8 Å². The van der Waals surface area contributed by atoms with Gasteiger partial charge in [-0.2, -0.15) is 0 Å². The van der Waals surface area contributed by atoms with Gasteiger partial charge in [0.2, 0.25) is 12.4 Å². The van der Waals surface area contributed by atoms with Crippen molar-refractivity contribution < 1.29 is 85.8 Å². The number of nitrogens with one attached hydrogen (secondary N) is 1. The number of esters is 4. The van der Waals surface area contributed by atoms with Crippen LogP contribution < -0.4 is 19.5 Å². The second-order valence-corrected chi connectivity index (χ2v) is 14.7. The number of carbonyl (C=O) groups is 6. The maximum Gasteiger partial charge on any atom is 0.514 e. The number of benzene rings is 4. The van der Waals surface area contributed by atoms with Gasteiger partial charge in [-0.25, -0.2) is 14.4 Å². The van der Waals surface area contributed by atoms with Gasteiger partial charge in [-0.05, 0) is 46.5 Å². The molecule has 21 heteroatoms. The highest BCUT2D eigenvalue weighted by molar-refractivity contribution is 5.79. The lowest BCUT2D eigenvalue weighted by Gasteiger charge is -2.43. The van der Waals surface area contributed by atoms with Crippen LogP contribution in [0, 0.1) is 10.1 Å². The maximum atomic E-state index is 13.0. The molecule has 0 bridgehead atoms. The highest BCUT2D eigenvalue weighted by Crippen LogP contribution is 2.44. The minimum absolute atomic E-state index is 0.0131. The van der Waals surface area contributed by atoms with Crippen LogP contribution >= 0.6 is 0 Å². The van der Waals surface area contributed by atoms with Crippen LogP contribution in [0.25, 0.3) is 11.1 Å². The second-order valence-electron chi connectivity index (χ2n) is 14.7. The summed E-state index contributed by atoms with van der Waals surface area (Å²) in [6.45, 7) is 3.03. The normalized spacial score (nSPS) is 18.2. The molecule has 1 unspecified atom stereocenters. The van der Waals surface area contributed by atoms with Crippen LogP contribution in [-0.2, 0) is 63.7 Å². The van der Waals surface area contributed by atoms with E-state index in [1.54, 1.807) is 0 Å². The summed E-state index contributed by atoms with van der Waals surface area (Å²) in [7, 11) is 1.03. The van der Waals surface area contributed by atoms with Crippen molar-refractivity contribution in [1.29, 1.82) is 0 Å². The molecular formula is C46H46N2O19. The van der Waals surface area contributed by atoms with E-state index in [0.717, 1.165) is 62.3 Å². The van der Waals surface area contributed by atoms with Crippen molar-refractivity contribution in [3.63, 3.8) is 0 Å². The Balaban J connectivity index is 1.10. The van der Waals surface area contributed by atoms with Crippen LogP contribution in [0.5, 0.6) is 17.2 Å². The molecule has 6 rings (SSSR count). The molecule has 1 aliphatic carbocycles. The Hall–Kier alpha value is -7.78. The first-order valence-electron chi connectivity index (χ1n) is 20.6. The number of alkyl carbamates (subject to hydrolysis) is 1. The SMILES string of the molecule is COC(=O)[C@H]1OC(Oc2cc(OCCOCCNC(=O)OCC3c4ccccc4-c4ccccc43)ccc2COC(=O)Oc2ccc([N+](=O)[O-])cc2)[C@H](OC(C)=O)[C@@H](OC(C)=O)[C@@H]1OC(C)=O. The van der Waals surface area contributed by atoms with Crippen molar-refractivity contribution in [2.24, 2.45) is 0 Å². The number of rotatable bonds is 19. The molecule has 21 nitrogen and oxygen atoms in total. The smallest absolute Gasteiger partial charge is 0.491 e. The molecule has 0 spiro atoms. The number of nitro groups is 1. The molecule has 1 aliphatic heterocycles. The van der Waals surface area contributed by atoms with Gasteiger partial charge in [-0.3, -0.25) is 24.5 Å². The van der Waals surface area contributed by atoms with Crippen LogP contribution in [0.2, 0.25) is 0 Å². The van der Waals surface area contributed by atoms with E-state index in [9.17, 15) is 38.9 Å². The van der Waals surface area contributed by atoms with E-state index >= 15 is 0 Å². The van der Waals surface area contributed by atoms with Crippen LogP contribution in [0.3, 0.4) is 0 Å². The van der Waals surface area contributed by atoms with Gasteiger partial charge < -0.3 is 57.4 Å². The number of non-ortho nitro benzene ring substituents is 1. The Labute approximate surface area is 382 Å². The zero-order valence-electron chi connectivity index (χ0n) is 36.6. The molecule has 354 valence electrons. The Morgan fingerprint density at radius 2 is 1.33 bits per heavy atom. The van der Waals surface area contributed by atoms with E-state index < -0.39 is 78.4 Å². The molecule has 0 radical (unpaired) electrons. The van der Waals surface area contributed by atoms with Gasteiger partial charge in [0, 0.05) is 57.0 Å². The molecule has 0 saturated carbocycles. The number of nitro benzene ring substituents is 1. The summed E-state index contributed by atoms with van der Waals surface area (Å²) in [5.41, 5.74) is 4.30. The number of methoxy groups -OCH3 is 1. The van der Waals surface area contributed by atoms with Crippen LogP contribution in [0.1, 0.15) is 43.4 Å². The molecule has 4 aromatic rings. The summed E-state index contributed by atoms with van der Waals surface area (Å²) in [6, 6.07) is 24.9. The average Bonchev–Trinajstić information content (AvgIpc) is 3.62. The zero-order valence-corrected chi connectivity index (χ0v) is 36.6. The minimum Gasteiger partial charge on any atom is -0.491 e. The predicted octanol–water partition coefficient (Wildman–Crippen LogP) is 5.32. The predicted molar refractivity (Wildman–Crippen MR) is 228 cm³/mol. The van der Waals surface area contributed by atoms with Gasteiger partial charge >= 0.3 is 36.1 Å². The Morgan fingerprint density at radius 3 is 1.96 bits per heavy atom. The summed E-state index contributed by atoms with van der Waals surface area (Å²) in [5, 5.41) is 13.7. The summed E-state index contributed by atoms with van der Waals surface area (Å²) >= 11 is 0. The lowest BCUT2D eigenvalue weighted by Crippen LogP contribution is -2.64. The van der Waals surface area contributed by atoms with Gasteiger partial charge in [0.15, 0.2) is 18.3 Å². The molecule has 1 fully saturated rings. The van der Waals surface area contributed by atoms with Gasteiger partial charge in [0.05, 0.1) is 25.2 Å². The molecule has 1 saturated heterocycles. The van der Waals surface area contributed by atoms with Crippen molar-refractivity contribution in [3.8, 4) is 28.4 Å². The number of nitrogens with zero attached hydrogens (tertiary/aromatic N) is 1. The van der Waals surface area contributed by atoms with Crippen LogP contribution in [0.4, 0.5) is 15.3 Å². The topological polar surface area (TPSA) is 259 Å². The number of carbonyl (C=O) groups excluding carboxylic acids is 6. The largest absolute Gasteiger partial charge is 0.514 e. The lowest BCUT2D eigenvalue weighted by molar-refractivity contribution is -0.384. The first kappa shape index (κ1) is 48.7. The number of hydrogen-bond acceptors (Lipinski definition) is 19. The Morgan fingerprint density at radius 1 is 0.716 bits per heavy atom. The first-order valence-corrected chi connectivity index (χ1v) is 20.6. The summed E-state index contributed by atoms with van der Waals surface area (Å²) in [6.07, 6.45) is -10.4. The third-order valence-electron chi connectivity index (χ3n) is 10.1. The van der Waals surface area contributed by atoms with E-state index in [4.69, 9.17) is 52.1 Å². The number of amides is 1. The fraction of sp³-hybridized carbons (Fsp3) is 0.348. The van der Waals surface area contributed by atoms with E-state index in [1.165, 1.54) is 30.3 Å². The molecule has 2 aliphatic rings. The van der Waals surface area contributed by atoms with E-state index in [0.29, 0.717) is 0 Å². The monoisotopic (exact) mass is 930 g/mol. The first-order chi connectivity index (χ1) is 32.2. The highest BCUT2D eigenvalue weighted by atomic mass is 16.7. The molecule has 0 aromatic heterocycles. The lowest BCUT2D eigenvalue weighted by atomic mass is 9.97. The number of ether oxygens (including phenoxy) is 11. The summed E-state index contributed by atoms with van der Waals surface area (Å²) in [5.74, 6) is -3.89. The van der Waals surface area contributed by atoms with Crippen LogP contribution in [-0.4, -0.2) is 112 Å². The molecule has 4 aromatic carbocycles. The zero-order chi connectivity index (χ0) is 48.0. The average molecular weight is 931 g/mol. The van der Waals surface area contributed by atoms with E-state index in [-0.39, 0.29) is 67.4 Å². The third-order valence-corrected chi connectivity index (χ3v) is 10.1. The number of hydrogen-bond donors (Lipinski definition) is 1. The van der Waals surface area contributed by atoms with Gasteiger partial charge in [0.1, 0.15) is 37.1 Å². The molecule has 1 amide bonds. The molecule has 67 heavy (non-hydrogen) atoms. The highest BCUT2D eigenvalue weighted by Gasteiger charge is 2.56.